The van der Waals surface area contributed by atoms with Crippen molar-refractivity contribution in [1.29, 1.82) is 0 Å². The highest BCUT2D eigenvalue weighted by atomic mass is 79.9. The molecular formula is C14H7BrClF3O. The summed E-state index contributed by atoms with van der Waals surface area (Å²) >= 11 is 8.66. The van der Waals surface area contributed by atoms with Gasteiger partial charge >= 0.3 is 6.18 Å². The van der Waals surface area contributed by atoms with E-state index in [1.54, 1.807) is 0 Å². The Morgan fingerprint density at radius 2 is 1.65 bits per heavy atom. The number of ketones is 1. The number of alkyl halides is 3. The molecule has 0 aromatic heterocycles. The highest BCUT2D eigenvalue weighted by Gasteiger charge is 2.35. The van der Waals surface area contributed by atoms with E-state index in [9.17, 15) is 18.0 Å². The summed E-state index contributed by atoms with van der Waals surface area (Å²) in [4.78, 5) is 12.2. The van der Waals surface area contributed by atoms with Crippen LogP contribution in [0, 0.1) is 0 Å². The quantitative estimate of drug-likeness (QED) is 0.657. The third kappa shape index (κ3) is 3.22. The highest BCUT2D eigenvalue weighted by Crippen LogP contribution is 2.34. The van der Waals surface area contributed by atoms with Crippen LogP contribution in [0.5, 0.6) is 0 Å². The number of rotatable bonds is 2. The highest BCUT2D eigenvalue weighted by molar-refractivity contribution is 9.10. The lowest BCUT2D eigenvalue weighted by atomic mass is 9.98. The molecule has 0 N–H and O–H groups in total. The van der Waals surface area contributed by atoms with E-state index in [-0.39, 0.29) is 15.6 Å². The molecule has 2 aromatic rings. The number of carbonyl (C=O) groups excluding carboxylic acids is 1. The predicted octanol–water partition coefficient (Wildman–Crippen LogP) is 5.35. The molecule has 0 spiro atoms. The van der Waals surface area contributed by atoms with Gasteiger partial charge in [-0.1, -0.05) is 27.5 Å². The van der Waals surface area contributed by atoms with Crippen LogP contribution in [0.3, 0.4) is 0 Å². The van der Waals surface area contributed by atoms with Crippen LogP contribution >= 0.6 is 27.5 Å². The van der Waals surface area contributed by atoms with Gasteiger partial charge in [-0.05, 0) is 42.5 Å². The first-order chi connectivity index (χ1) is 9.29. The first kappa shape index (κ1) is 15.1. The molecule has 20 heavy (non-hydrogen) atoms. The number of hydrogen-bond acceptors (Lipinski definition) is 1. The van der Waals surface area contributed by atoms with Gasteiger partial charge in [0.25, 0.3) is 0 Å². The lowest BCUT2D eigenvalue weighted by Gasteiger charge is -2.12. The maximum absolute atomic E-state index is 13.0. The number of carbonyl (C=O) groups is 1. The van der Waals surface area contributed by atoms with E-state index < -0.39 is 17.5 Å². The SMILES string of the molecule is O=C(c1ccc(Cl)cc1)c1ccc(Br)cc1C(F)(F)F. The summed E-state index contributed by atoms with van der Waals surface area (Å²) in [7, 11) is 0. The average Bonchev–Trinajstić information content (AvgIpc) is 2.38. The van der Waals surface area contributed by atoms with Crippen LogP contribution in [0.25, 0.3) is 0 Å². The minimum absolute atomic E-state index is 0.155. The molecule has 2 rings (SSSR count). The summed E-state index contributed by atoms with van der Waals surface area (Å²) in [6.07, 6.45) is -4.60. The van der Waals surface area contributed by atoms with Gasteiger partial charge in [-0.25, -0.2) is 0 Å². The Kier molecular flexibility index (Phi) is 4.20. The van der Waals surface area contributed by atoms with Crippen molar-refractivity contribution in [3.63, 3.8) is 0 Å². The first-order valence-corrected chi connectivity index (χ1v) is 6.63. The average molecular weight is 364 g/mol. The number of hydrogen-bond donors (Lipinski definition) is 0. The van der Waals surface area contributed by atoms with Crippen molar-refractivity contribution in [1.82, 2.24) is 0 Å². The van der Waals surface area contributed by atoms with Crippen molar-refractivity contribution in [2.75, 3.05) is 0 Å². The van der Waals surface area contributed by atoms with Gasteiger partial charge in [0.1, 0.15) is 0 Å². The molecule has 0 saturated carbocycles. The molecule has 0 fully saturated rings. The second-order valence-corrected chi connectivity index (χ2v) is 5.38. The lowest BCUT2D eigenvalue weighted by Crippen LogP contribution is -2.13. The van der Waals surface area contributed by atoms with E-state index in [1.807, 2.05) is 0 Å². The Morgan fingerprint density at radius 3 is 2.20 bits per heavy atom. The minimum atomic E-state index is -4.60. The third-order valence-corrected chi connectivity index (χ3v) is 3.38. The Hall–Kier alpha value is -1.33. The molecule has 0 bridgehead atoms. The van der Waals surface area contributed by atoms with Gasteiger partial charge in [0.2, 0.25) is 0 Å². The van der Waals surface area contributed by atoms with Crippen LogP contribution in [0.2, 0.25) is 5.02 Å². The Labute approximate surface area is 126 Å². The van der Waals surface area contributed by atoms with Crippen molar-refractivity contribution in [2.24, 2.45) is 0 Å². The molecule has 0 amide bonds. The van der Waals surface area contributed by atoms with E-state index in [2.05, 4.69) is 15.9 Å². The Morgan fingerprint density at radius 1 is 1.05 bits per heavy atom. The van der Waals surface area contributed by atoms with Crippen LogP contribution < -0.4 is 0 Å². The summed E-state index contributed by atoms with van der Waals surface area (Å²) in [6, 6.07) is 9.16. The van der Waals surface area contributed by atoms with Gasteiger partial charge in [-0.2, -0.15) is 13.2 Å². The molecule has 0 aliphatic carbocycles. The Bertz CT molecular complexity index is 650. The monoisotopic (exact) mass is 362 g/mol. The van der Waals surface area contributed by atoms with Crippen LogP contribution in [0.15, 0.2) is 46.9 Å². The fraction of sp³-hybridized carbons (Fsp3) is 0.0714. The number of halogens is 5. The molecule has 104 valence electrons. The van der Waals surface area contributed by atoms with Crippen LogP contribution in [0.4, 0.5) is 13.2 Å². The van der Waals surface area contributed by atoms with Gasteiger partial charge in [-0.15, -0.1) is 0 Å². The zero-order valence-corrected chi connectivity index (χ0v) is 12.2. The maximum Gasteiger partial charge on any atom is 0.417 e. The second kappa shape index (κ2) is 5.58. The summed E-state index contributed by atoms with van der Waals surface area (Å²) in [5, 5.41) is 0.411. The second-order valence-electron chi connectivity index (χ2n) is 4.02. The summed E-state index contributed by atoms with van der Waals surface area (Å²) in [5.41, 5.74) is -1.20. The van der Waals surface area contributed by atoms with Crippen molar-refractivity contribution in [3.8, 4) is 0 Å². The smallest absolute Gasteiger partial charge is 0.289 e. The van der Waals surface area contributed by atoms with E-state index in [1.165, 1.54) is 30.3 Å². The molecule has 0 heterocycles. The van der Waals surface area contributed by atoms with Crippen molar-refractivity contribution in [3.05, 3.63) is 68.7 Å². The lowest BCUT2D eigenvalue weighted by molar-refractivity contribution is -0.137. The third-order valence-electron chi connectivity index (χ3n) is 2.64. The minimum Gasteiger partial charge on any atom is -0.289 e. The van der Waals surface area contributed by atoms with Crippen molar-refractivity contribution in [2.45, 2.75) is 6.18 Å². The first-order valence-electron chi connectivity index (χ1n) is 5.46. The summed E-state index contributed by atoms with van der Waals surface area (Å²) in [6.45, 7) is 0. The van der Waals surface area contributed by atoms with Gasteiger partial charge in [0, 0.05) is 20.6 Å². The molecule has 1 nitrogen and oxygen atoms in total. The van der Waals surface area contributed by atoms with Crippen LogP contribution in [-0.2, 0) is 6.18 Å². The van der Waals surface area contributed by atoms with E-state index in [4.69, 9.17) is 11.6 Å². The van der Waals surface area contributed by atoms with E-state index in [0.29, 0.717) is 5.02 Å². The summed E-state index contributed by atoms with van der Waals surface area (Å²) < 4.78 is 39.2. The standard InChI is InChI=1S/C14H7BrClF3O/c15-9-3-6-11(12(7-9)14(17,18)19)13(20)8-1-4-10(16)5-2-8/h1-7H. The van der Waals surface area contributed by atoms with E-state index >= 15 is 0 Å². The molecule has 6 heteroatoms. The van der Waals surface area contributed by atoms with Crippen LogP contribution in [-0.4, -0.2) is 5.78 Å². The topological polar surface area (TPSA) is 17.1 Å². The van der Waals surface area contributed by atoms with Gasteiger partial charge in [0.05, 0.1) is 5.56 Å². The Balaban J connectivity index is 2.52. The zero-order valence-electron chi connectivity index (χ0n) is 9.84. The van der Waals surface area contributed by atoms with E-state index in [0.717, 1.165) is 12.1 Å². The molecule has 0 atom stereocenters. The molecule has 0 radical (unpaired) electrons. The normalized spacial score (nSPS) is 11.4. The van der Waals surface area contributed by atoms with Crippen LogP contribution in [0.1, 0.15) is 21.5 Å². The molecule has 0 aliphatic rings. The molecule has 0 unspecified atom stereocenters. The van der Waals surface area contributed by atoms with Gasteiger partial charge < -0.3 is 0 Å². The number of benzene rings is 2. The molecule has 0 saturated heterocycles. The predicted molar refractivity (Wildman–Crippen MR) is 74.0 cm³/mol. The molecule has 2 aromatic carbocycles. The largest absolute Gasteiger partial charge is 0.417 e. The van der Waals surface area contributed by atoms with Crippen molar-refractivity contribution >= 4 is 33.3 Å². The molecular weight excluding hydrogens is 357 g/mol. The zero-order chi connectivity index (χ0) is 14.9. The van der Waals surface area contributed by atoms with Crippen molar-refractivity contribution < 1.29 is 18.0 Å². The summed E-state index contributed by atoms with van der Waals surface area (Å²) in [5.74, 6) is -0.693. The maximum atomic E-state index is 13.0. The van der Waals surface area contributed by atoms with Gasteiger partial charge in [0.15, 0.2) is 5.78 Å². The van der Waals surface area contributed by atoms with Gasteiger partial charge in [-0.3, -0.25) is 4.79 Å². The molecule has 0 aliphatic heterocycles. The fourth-order valence-electron chi connectivity index (χ4n) is 1.71. The fourth-order valence-corrected chi connectivity index (χ4v) is 2.19.